The molecule has 154 valence electrons. The van der Waals surface area contributed by atoms with Crippen LogP contribution in [0.2, 0.25) is 0 Å². The predicted molar refractivity (Wildman–Crippen MR) is 103 cm³/mol. The number of alkyl halides is 1. The highest BCUT2D eigenvalue weighted by atomic mass is 79.9. The molecule has 9 nitrogen and oxygen atoms in total. The number of carbonyl (C=O) groups is 2. The summed E-state index contributed by atoms with van der Waals surface area (Å²) >= 11 is 3.30. The number of esters is 2. The second kappa shape index (κ2) is 12.1. The van der Waals surface area contributed by atoms with Crippen LogP contribution < -0.4 is 4.74 Å². The molecule has 10 heteroatoms. The first-order valence-electron chi connectivity index (χ1n) is 8.43. The summed E-state index contributed by atoms with van der Waals surface area (Å²) in [6.45, 7) is 4.62. The van der Waals surface area contributed by atoms with Gasteiger partial charge in [0.05, 0.1) is 24.2 Å². The minimum Gasteiger partial charge on any atom is -0.493 e. The first-order chi connectivity index (χ1) is 13.3. The monoisotopic (exact) mass is 459 g/mol. The molecule has 0 radical (unpaired) electrons. The second-order valence-electron chi connectivity index (χ2n) is 5.59. The quantitative estimate of drug-likeness (QED) is 0.126. The Labute approximate surface area is 170 Å². The molecular formula is C18H22BrNO8. The summed E-state index contributed by atoms with van der Waals surface area (Å²) in [5, 5.41) is 20.7. The maximum atomic E-state index is 11.6. The average Bonchev–Trinajstić information content (AvgIpc) is 2.67. The minimum absolute atomic E-state index is 0.0580. The van der Waals surface area contributed by atoms with Gasteiger partial charge in [-0.05, 0) is 19.4 Å². The number of hydrogen-bond acceptors (Lipinski definition) is 8. The van der Waals surface area contributed by atoms with E-state index < -0.39 is 16.9 Å². The molecule has 28 heavy (non-hydrogen) atoms. The lowest BCUT2D eigenvalue weighted by atomic mass is 10.1. The number of aliphatic hydroxyl groups is 1. The first-order valence-corrected chi connectivity index (χ1v) is 9.35. The Bertz CT molecular complexity index is 720. The zero-order chi connectivity index (χ0) is 21.1. The number of nitrogens with zero attached hydrogens (tertiary/aromatic N) is 1. The minimum atomic E-state index is -0.599. The maximum absolute atomic E-state index is 11.6. The van der Waals surface area contributed by atoms with Crippen LogP contribution >= 0.6 is 15.9 Å². The summed E-state index contributed by atoms with van der Waals surface area (Å²) in [7, 11) is 0. The van der Waals surface area contributed by atoms with Gasteiger partial charge >= 0.3 is 11.9 Å². The fourth-order valence-electron chi connectivity index (χ4n) is 2.20. The number of nitro benzene ring substituents is 1. The third-order valence-electron chi connectivity index (χ3n) is 3.55. The third-order valence-corrected chi connectivity index (χ3v) is 4.04. The van der Waals surface area contributed by atoms with Crippen LogP contribution in [0.4, 0.5) is 5.69 Å². The fraction of sp³-hybridized carbons (Fsp3) is 0.444. The van der Waals surface area contributed by atoms with Crippen molar-refractivity contribution in [3.8, 4) is 5.75 Å². The molecule has 0 aromatic heterocycles. The van der Waals surface area contributed by atoms with Crippen molar-refractivity contribution in [1.29, 1.82) is 0 Å². The number of halogens is 1. The topological polar surface area (TPSA) is 125 Å². The van der Waals surface area contributed by atoms with Crippen LogP contribution in [0, 0.1) is 10.1 Å². The Morgan fingerprint density at radius 1 is 1.32 bits per heavy atom. The highest BCUT2D eigenvalue weighted by Crippen LogP contribution is 2.36. The van der Waals surface area contributed by atoms with Gasteiger partial charge in [-0.25, -0.2) is 4.79 Å². The number of rotatable bonds is 12. The van der Waals surface area contributed by atoms with Gasteiger partial charge in [0, 0.05) is 28.5 Å². The SMILES string of the molecule is C=CC(=O)OCCOC(=O)CCCOc1cc([N+](=O)[O-])c(C(C)Br)cc1CO. The molecule has 0 aliphatic heterocycles. The van der Waals surface area contributed by atoms with E-state index in [-0.39, 0.29) is 49.1 Å². The number of ether oxygens (including phenoxy) is 3. The van der Waals surface area contributed by atoms with Gasteiger partial charge in [-0.1, -0.05) is 22.5 Å². The largest absolute Gasteiger partial charge is 0.493 e. The van der Waals surface area contributed by atoms with Gasteiger partial charge in [0.1, 0.15) is 19.0 Å². The van der Waals surface area contributed by atoms with Crippen LogP contribution in [0.5, 0.6) is 5.75 Å². The smallest absolute Gasteiger partial charge is 0.330 e. The molecule has 0 aliphatic rings. The van der Waals surface area contributed by atoms with Gasteiger partial charge in [-0.15, -0.1) is 0 Å². The van der Waals surface area contributed by atoms with Gasteiger partial charge in [0.2, 0.25) is 0 Å². The molecule has 0 spiro atoms. The second-order valence-corrected chi connectivity index (χ2v) is 6.97. The van der Waals surface area contributed by atoms with Crippen molar-refractivity contribution in [2.45, 2.75) is 31.2 Å². The lowest BCUT2D eigenvalue weighted by molar-refractivity contribution is -0.385. The fourth-order valence-corrected chi connectivity index (χ4v) is 2.56. The van der Waals surface area contributed by atoms with Crippen LogP contribution in [-0.2, 0) is 25.7 Å². The molecule has 0 saturated heterocycles. The maximum Gasteiger partial charge on any atom is 0.330 e. The van der Waals surface area contributed by atoms with Crippen LogP contribution in [0.1, 0.15) is 35.7 Å². The molecule has 0 amide bonds. The number of benzene rings is 1. The summed E-state index contributed by atoms with van der Waals surface area (Å²) in [5.74, 6) is -0.899. The summed E-state index contributed by atoms with van der Waals surface area (Å²) in [6.07, 6.45) is 1.37. The summed E-state index contributed by atoms with van der Waals surface area (Å²) in [6, 6.07) is 2.79. The van der Waals surface area contributed by atoms with Crippen LogP contribution in [0.3, 0.4) is 0 Å². The summed E-state index contributed by atoms with van der Waals surface area (Å²) in [5.41, 5.74) is 0.727. The zero-order valence-electron chi connectivity index (χ0n) is 15.4. The van der Waals surface area contributed by atoms with Gasteiger partial charge < -0.3 is 19.3 Å². The number of aliphatic hydroxyl groups excluding tert-OH is 1. The Hall–Kier alpha value is -2.46. The Morgan fingerprint density at radius 3 is 2.57 bits per heavy atom. The molecular weight excluding hydrogens is 438 g/mol. The van der Waals surface area contributed by atoms with Crippen molar-refractivity contribution in [3.05, 3.63) is 46.0 Å². The Balaban J connectivity index is 2.53. The first kappa shape index (κ1) is 23.6. The molecule has 1 aromatic rings. The van der Waals surface area contributed by atoms with Crippen molar-refractivity contribution in [2.24, 2.45) is 0 Å². The molecule has 0 bridgehead atoms. The molecule has 0 fully saturated rings. The van der Waals surface area contributed by atoms with E-state index in [4.69, 9.17) is 9.47 Å². The van der Waals surface area contributed by atoms with Crippen LogP contribution in [-0.4, -0.2) is 41.8 Å². The van der Waals surface area contributed by atoms with E-state index in [1.807, 2.05) is 0 Å². The van der Waals surface area contributed by atoms with Gasteiger partial charge in [0.25, 0.3) is 5.69 Å². The Morgan fingerprint density at radius 2 is 2.00 bits per heavy atom. The van der Waals surface area contributed by atoms with Crippen molar-refractivity contribution in [1.82, 2.24) is 0 Å². The van der Waals surface area contributed by atoms with E-state index in [1.54, 1.807) is 6.92 Å². The van der Waals surface area contributed by atoms with E-state index in [9.17, 15) is 24.8 Å². The van der Waals surface area contributed by atoms with Gasteiger partial charge in [-0.2, -0.15) is 0 Å². The predicted octanol–water partition coefficient (Wildman–Crippen LogP) is 2.97. The van der Waals surface area contributed by atoms with E-state index in [1.165, 1.54) is 12.1 Å². The zero-order valence-corrected chi connectivity index (χ0v) is 17.0. The number of hydrogen-bond donors (Lipinski definition) is 1. The molecule has 1 atom stereocenters. The third kappa shape index (κ3) is 7.65. The van der Waals surface area contributed by atoms with E-state index in [2.05, 4.69) is 27.2 Å². The number of carbonyl (C=O) groups excluding carboxylic acids is 2. The lowest BCUT2D eigenvalue weighted by Gasteiger charge is -2.13. The standard InChI is InChI=1S/C18H22BrNO8/c1-3-17(22)27-7-8-28-18(23)5-4-6-26-16-10-15(20(24)25)14(12(2)19)9-13(16)11-21/h3,9-10,12,21H,1,4-8,11H2,2H3. The van der Waals surface area contributed by atoms with Gasteiger partial charge in [-0.3, -0.25) is 14.9 Å². The highest BCUT2D eigenvalue weighted by molar-refractivity contribution is 9.09. The molecule has 0 aliphatic carbocycles. The van der Waals surface area contributed by atoms with Crippen molar-refractivity contribution >= 4 is 33.6 Å². The lowest BCUT2D eigenvalue weighted by Crippen LogP contribution is -2.13. The molecule has 0 saturated carbocycles. The molecule has 1 aromatic carbocycles. The molecule has 1 rings (SSSR count). The van der Waals surface area contributed by atoms with E-state index in [0.29, 0.717) is 17.5 Å². The summed E-state index contributed by atoms with van der Waals surface area (Å²) in [4.78, 5) is 32.9. The molecule has 1 unspecified atom stereocenters. The Kier molecular flexibility index (Phi) is 10.2. The average molecular weight is 460 g/mol. The molecule has 1 N–H and O–H groups in total. The van der Waals surface area contributed by atoms with Crippen molar-refractivity contribution in [2.75, 3.05) is 19.8 Å². The highest BCUT2D eigenvalue weighted by Gasteiger charge is 2.21. The molecule has 0 heterocycles. The van der Waals surface area contributed by atoms with Gasteiger partial charge in [0.15, 0.2) is 0 Å². The van der Waals surface area contributed by atoms with Crippen LogP contribution in [0.15, 0.2) is 24.8 Å². The number of nitro groups is 1. The normalized spacial score (nSPS) is 11.4. The van der Waals surface area contributed by atoms with Crippen LogP contribution in [0.25, 0.3) is 0 Å². The summed E-state index contributed by atoms with van der Waals surface area (Å²) < 4.78 is 15.1. The van der Waals surface area contributed by atoms with Crippen molar-refractivity contribution < 1.29 is 33.8 Å². The van der Waals surface area contributed by atoms with E-state index in [0.717, 1.165) is 6.08 Å². The van der Waals surface area contributed by atoms with E-state index >= 15 is 0 Å². The van der Waals surface area contributed by atoms with Crippen molar-refractivity contribution in [3.63, 3.8) is 0 Å².